The van der Waals surface area contributed by atoms with Gasteiger partial charge in [-0.05, 0) is 36.8 Å². The van der Waals surface area contributed by atoms with Gasteiger partial charge in [0.1, 0.15) is 30.3 Å². The fourth-order valence-electron chi connectivity index (χ4n) is 2.48. The minimum absolute atomic E-state index is 0.122. The lowest BCUT2D eigenvalue weighted by molar-refractivity contribution is 0.156. The molecule has 0 aromatic carbocycles. The Morgan fingerprint density at radius 1 is 1.53 bits per heavy atom. The number of hydrogen-bond donors (Lipinski definition) is 1. The molecule has 19 heavy (non-hydrogen) atoms. The van der Waals surface area contributed by atoms with Crippen molar-refractivity contribution in [2.24, 2.45) is 0 Å². The molecule has 1 N–H and O–H groups in total. The van der Waals surface area contributed by atoms with E-state index in [9.17, 15) is 0 Å². The molecule has 0 fully saturated rings. The van der Waals surface area contributed by atoms with Crippen molar-refractivity contribution in [1.82, 2.24) is 0 Å². The van der Waals surface area contributed by atoms with E-state index < -0.39 is 0 Å². The predicted octanol–water partition coefficient (Wildman–Crippen LogP) is 2.84. The second-order valence-corrected chi connectivity index (χ2v) is 5.04. The monoisotopic (exact) mass is 262 g/mol. The van der Waals surface area contributed by atoms with Crippen LogP contribution in [0.1, 0.15) is 49.7 Å². The highest BCUT2D eigenvalue weighted by atomic mass is 16.5. The number of rotatable bonds is 4. The van der Waals surface area contributed by atoms with Crippen molar-refractivity contribution in [3.05, 3.63) is 23.2 Å². The van der Waals surface area contributed by atoms with Gasteiger partial charge in [0, 0.05) is 19.3 Å². The molecule has 1 heterocycles. The average molecular weight is 262 g/mol. The predicted molar refractivity (Wildman–Crippen MR) is 73.7 cm³/mol. The first-order valence-corrected chi connectivity index (χ1v) is 7.18. The number of hydrogen-bond acceptors (Lipinski definition) is 3. The van der Waals surface area contributed by atoms with Crippen LogP contribution in [0.15, 0.2) is 10.5 Å². The molecule has 3 nitrogen and oxygen atoms in total. The Morgan fingerprint density at radius 2 is 2.42 bits per heavy atom. The summed E-state index contributed by atoms with van der Waals surface area (Å²) >= 11 is 0. The molecule has 0 amide bonds. The molecule has 1 aromatic rings. The van der Waals surface area contributed by atoms with Crippen molar-refractivity contribution < 1.29 is 14.3 Å². The largest absolute Gasteiger partial charge is 0.466 e. The smallest absolute Gasteiger partial charge is 0.115 e. The maximum Gasteiger partial charge on any atom is 0.115 e. The minimum Gasteiger partial charge on any atom is -0.466 e. The topological polar surface area (TPSA) is 42.6 Å². The molecule has 2 rings (SSSR count). The molecule has 1 aromatic heterocycles. The number of aryl methyl sites for hydroxylation is 2. The summed E-state index contributed by atoms with van der Waals surface area (Å²) < 4.78 is 11.4. The van der Waals surface area contributed by atoms with Crippen LogP contribution in [-0.2, 0) is 24.0 Å². The van der Waals surface area contributed by atoms with Gasteiger partial charge in [-0.1, -0.05) is 13.3 Å². The van der Waals surface area contributed by atoms with E-state index in [1.807, 2.05) is 0 Å². The van der Waals surface area contributed by atoms with Crippen LogP contribution in [0, 0.1) is 12.0 Å². The molecule has 3 heteroatoms. The van der Waals surface area contributed by atoms with Crippen LogP contribution in [0.4, 0.5) is 0 Å². The Morgan fingerprint density at radius 3 is 3.21 bits per heavy atom. The number of furan rings is 1. The van der Waals surface area contributed by atoms with Crippen LogP contribution >= 0.6 is 0 Å². The number of aliphatic hydroxyl groups is 1. The van der Waals surface area contributed by atoms with Crippen LogP contribution in [-0.4, -0.2) is 17.8 Å². The fourth-order valence-corrected chi connectivity index (χ4v) is 2.48. The summed E-state index contributed by atoms with van der Waals surface area (Å²) in [7, 11) is 0. The minimum atomic E-state index is -0.148. The Kier molecular flexibility index (Phi) is 5.35. The number of aliphatic hydroxyl groups excluding tert-OH is 1. The number of unbranched alkanes of at least 4 members (excludes halogenated alkanes) is 1. The van der Waals surface area contributed by atoms with Crippen LogP contribution in [0.2, 0.25) is 0 Å². The standard InChI is InChI=1S/C16H22O3/c1-2-3-6-15-12-13-11-14(18-10-5-9-17)7-4-8-16(13)19-15/h12,14,17H,2-4,6-9,11H2,1H3/t14-/m1/s1. The normalized spacial score (nSPS) is 18.1. The zero-order valence-corrected chi connectivity index (χ0v) is 11.6. The molecule has 0 saturated heterocycles. The van der Waals surface area contributed by atoms with Crippen molar-refractivity contribution in [2.75, 3.05) is 6.61 Å². The summed E-state index contributed by atoms with van der Waals surface area (Å²) in [6, 6.07) is 2.19. The van der Waals surface area contributed by atoms with E-state index in [4.69, 9.17) is 14.3 Å². The van der Waals surface area contributed by atoms with Gasteiger partial charge in [-0.2, -0.15) is 0 Å². The van der Waals surface area contributed by atoms with Crippen LogP contribution in [0.3, 0.4) is 0 Å². The maximum absolute atomic E-state index is 8.63. The molecule has 0 saturated carbocycles. The van der Waals surface area contributed by atoms with E-state index >= 15 is 0 Å². The van der Waals surface area contributed by atoms with Gasteiger partial charge in [0.2, 0.25) is 0 Å². The van der Waals surface area contributed by atoms with Gasteiger partial charge in [0.15, 0.2) is 0 Å². The molecule has 1 aliphatic carbocycles. The van der Waals surface area contributed by atoms with Gasteiger partial charge in [-0.3, -0.25) is 0 Å². The highest BCUT2D eigenvalue weighted by molar-refractivity contribution is 5.24. The summed E-state index contributed by atoms with van der Waals surface area (Å²) in [5, 5.41) is 8.63. The van der Waals surface area contributed by atoms with Crippen molar-refractivity contribution in [3.63, 3.8) is 0 Å². The second kappa shape index (κ2) is 7.25. The van der Waals surface area contributed by atoms with Crippen LogP contribution in [0.5, 0.6) is 0 Å². The van der Waals surface area contributed by atoms with Gasteiger partial charge < -0.3 is 14.3 Å². The highest BCUT2D eigenvalue weighted by Crippen LogP contribution is 2.26. The lowest BCUT2D eigenvalue weighted by atomic mass is 10.1. The Labute approximate surface area is 115 Å². The molecule has 0 spiro atoms. The van der Waals surface area contributed by atoms with E-state index in [1.165, 1.54) is 18.4 Å². The van der Waals surface area contributed by atoms with Crippen molar-refractivity contribution in [3.8, 4) is 12.0 Å². The maximum atomic E-state index is 8.63. The summed E-state index contributed by atoms with van der Waals surface area (Å²) in [5.74, 6) is 4.77. The third-order valence-corrected chi connectivity index (χ3v) is 3.48. The van der Waals surface area contributed by atoms with Gasteiger partial charge in [0.05, 0.1) is 0 Å². The summed E-state index contributed by atoms with van der Waals surface area (Å²) in [5.41, 5.74) is 1.28. The van der Waals surface area contributed by atoms with E-state index in [2.05, 4.69) is 25.0 Å². The first kappa shape index (κ1) is 14.0. The van der Waals surface area contributed by atoms with Crippen molar-refractivity contribution in [2.45, 2.75) is 58.0 Å². The lowest BCUT2D eigenvalue weighted by Gasteiger charge is -2.10. The van der Waals surface area contributed by atoms with Gasteiger partial charge in [-0.15, -0.1) is 0 Å². The third-order valence-electron chi connectivity index (χ3n) is 3.48. The Hall–Kier alpha value is -1.40. The highest BCUT2D eigenvalue weighted by Gasteiger charge is 2.21. The lowest BCUT2D eigenvalue weighted by Crippen LogP contribution is -2.12. The third kappa shape index (κ3) is 4.04. The zero-order chi connectivity index (χ0) is 13.5. The molecule has 1 atom stereocenters. The molecule has 104 valence electrons. The molecule has 0 aliphatic heterocycles. The van der Waals surface area contributed by atoms with Gasteiger partial charge in [-0.25, -0.2) is 0 Å². The van der Waals surface area contributed by atoms with Crippen molar-refractivity contribution in [1.29, 1.82) is 0 Å². The Balaban J connectivity index is 1.99. The SMILES string of the molecule is CCCCc1cc2c(o1)CCC[C@@H](OC#CCO)C2. The molecule has 0 bridgehead atoms. The number of fused-ring (bicyclic) bond motifs is 1. The Bertz CT molecular complexity index is 450. The van der Waals surface area contributed by atoms with Gasteiger partial charge >= 0.3 is 0 Å². The summed E-state index contributed by atoms with van der Waals surface area (Å²) in [6.45, 7) is 2.04. The zero-order valence-electron chi connectivity index (χ0n) is 11.6. The first-order valence-electron chi connectivity index (χ1n) is 7.18. The van der Waals surface area contributed by atoms with E-state index in [1.54, 1.807) is 0 Å². The first-order chi connectivity index (χ1) is 9.33. The summed E-state index contributed by atoms with van der Waals surface area (Å²) in [4.78, 5) is 0. The molecule has 0 radical (unpaired) electrons. The molecular formula is C16H22O3. The van der Waals surface area contributed by atoms with Crippen LogP contribution in [0.25, 0.3) is 0 Å². The number of ether oxygens (including phenoxy) is 1. The fraction of sp³-hybridized carbons (Fsp3) is 0.625. The summed E-state index contributed by atoms with van der Waals surface area (Å²) in [6.07, 6.45) is 10.0. The van der Waals surface area contributed by atoms with Gasteiger partial charge in [0.25, 0.3) is 0 Å². The molecular weight excluding hydrogens is 240 g/mol. The average Bonchev–Trinajstić information content (AvgIpc) is 2.69. The van der Waals surface area contributed by atoms with E-state index in [-0.39, 0.29) is 12.7 Å². The quantitative estimate of drug-likeness (QED) is 0.670. The van der Waals surface area contributed by atoms with E-state index in [0.29, 0.717) is 0 Å². The van der Waals surface area contributed by atoms with Crippen LogP contribution < -0.4 is 0 Å². The second-order valence-electron chi connectivity index (χ2n) is 5.04. The van der Waals surface area contributed by atoms with E-state index in [0.717, 1.165) is 43.6 Å². The molecule has 1 aliphatic rings. The molecule has 0 unspecified atom stereocenters. The van der Waals surface area contributed by atoms with Crippen molar-refractivity contribution >= 4 is 0 Å².